The van der Waals surface area contributed by atoms with Crippen molar-refractivity contribution < 1.29 is 8.83 Å². The lowest BCUT2D eigenvalue weighted by molar-refractivity contribution is 0.669. The molecule has 0 unspecified atom stereocenters. The van der Waals surface area contributed by atoms with Crippen LogP contribution in [0, 0.1) is 0 Å². The fourth-order valence-corrected chi connectivity index (χ4v) is 8.07. The summed E-state index contributed by atoms with van der Waals surface area (Å²) in [6, 6.07) is 66.8. The molecule has 0 aliphatic heterocycles. The van der Waals surface area contributed by atoms with Crippen molar-refractivity contribution in [1.29, 1.82) is 0 Å². The molecule has 0 fully saturated rings. The third-order valence-corrected chi connectivity index (χ3v) is 10.6. The van der Waals surface area contributed by atoms with Gasteiger partial charge in [0.2, 0.25) is 0 Å². The van der Waals surface area contributed by atoms with Crippen molar-refractivity contribution in [3.05, 3.63) is 188 Å². The number of hydrogen-bond acceptors (Lipinski definition) is 3. The van der Waals surface area contributed by atoms with E-state index >= 15 is 0 Å². The molecular weight excluding hydrogens is 647 g/mol. The summed E-state index contributed by atoms with van der Waals surface area (Å²) >= 11 is 0. The van der Waals surface area contributed by atoms with Gasteiger partial charge in [-0.3, -0.25) is 0 Å². The third kappa shape index (κ3) is 4.82. The maximum absolute atomic E-state index is 6.51. The third-order valence-electron chi connectivity index (χ3n) is 10.6. The minimum atomic E-state index is 0.863. The van der Waals surface area contributed by atoms with Crippen LogP contribution < -0.4 is 4.90 Å². The Kier molecular flexibility index (Phi) is 6.55. The van der Waals surface area contributed by atoms with E-state index in [1.54, 1.807) is 0 Å². The average molecular weight is 678 g/mol. The molecule has 0 saturated carbocycles. The molecule has 53 heavy (non-hydrogen) atoms. The summed E-state index contributed by atoms with van der Waals surface area (Å²) in [4.78, 5) is 2.37. The summed E-state index contributed by atoms with van der Waals surface area (Å²) < 4.78 is 12.9. The topological polar surface area (TPSA) is 29.5 Å². The van der Waals surface area contributed by atoms with Gasteiger partial charge in [-0.25, -0.2) is 0 Å². The second-order valence-corrected chi connectivity index (χ2v) is 13.7. The van der Waals surface area contributed by atoms with Crippen molar-refractivity contribution >= 4 is 82.5 Å². The molecule has 11 rings (SSSR count). The number of benzene rings is 9. The van der Waals surface area contributed by atoms with Gasteiger partial charge in [0.25, 0.3) is 0 Å². The molecule has 0 N–H and O–H groups in total. The Morgan fingerprint density at radius 2 is 0.887 bits per heavy atom. The molecule has 0 aliphatic carbocycles. The van der Waals surface area contributed by atoms with Gasteiger partial charge in [0, 0.05) is 44.5 Å². The molecule has 2 heterocycles. The van der Waals surface area contributed by atoms with Crippen LogP contribution in [0.5, 0.6) is 0 Å². The monoisotopic (exact) mass is 677 g/mol. The largest absolute Gasteiger partial charge is 0.456 e. The van der Waals surface area contributed by atoms with E-state index in [4.69, 9.17) is 8.83 Å². The second kappa shape index (κ2) is 11.7. The van der Waals surface area contributed by atoms with E-state index in [9.17, 15) is 0 Å². The van der Waals surface area contributed by atoms with Crippen LogP contribution in [0.4, 0.5) is 17.1 Å². The van der Waals surface area contributed by atoms with Crippen LogP contribution in [0.1, 0.15) is 0 Å². The molecule has 2 aromatic heterocycles. The van der Waals surface area contributed by atoms with Gasteiger partial charge in [0.1, 0.15) is 22.3 Å². The highest BCUT2D eigenvalue weighted by Gasteiger charge is 2.20. The van der Waals surface area contributed by atoms with Crippen molar-refractivity contribution in [3.63, 3.8) is 0 Å². The zero-order valence-corrected chi connectivity index (χ0v) is 28.7. The van der Waals surface area contributed by atoms with Crippen LogP contribution in [0.25, 0.3) is 87.7 Å². The van der Waals surface area contributed by atoms with Gasteiger partial charge in [-0.1, -0.05) is 121 Å². The Bertz CT molecular complexity index is 3170. The molecule has 0 radical (unpaired) electrons. The van der Waals surface area contributed by atoms with Crippen molar-refractivity contribution in [3.8, 4) is 22.3 Å². The summed E-state index contributed by atoms with van der Waals surface area (Å²) in [5, 5.41) is 9.17. The quantitative estimate of drug-likeness (QED) is 0.170. The lowest BCUT2D eigenvalue weighted by Crippen LogP contribution is -2.11. The summed E-state index contributed by atoms with van der Waals surface area (Å²) in [6.07, 6.45) is 0. The normalized spacial score (nSPS) is 11.8. The first-order valence-electron chi connectivity index (χ1n) is 18.0. The number of hydrogen-bond donors (Lipinski definition) is 0. The lowest BCUT2D eigenvalue weighted by atomic mass is 9.97. The van der Waals surface area contributed by atoms with E-state index in [1.807, 2.05) is 18.2 Å². The lowest BCUT2D eigenvalue weighted by Gasteiger charge is -2.28. The van der Waals surface area contributed by atoms with Crippen LogP contribution in [0.15, 0.2) is 197 Å². The van der Waals surface area contributed by atoms with Gasteiger partial charge in [0.05, 0.1) is 5.69 Å². The molecule has 0 saturated heterocycles. The van der Waals surface area contributed by atoms with Gasteiger partial charge in [-0.15, -0.1) is 0 Å². The fraction of sp³-hybridized carbons (Fsp3) is 0. The van der Waals surface area contributed by atoms with E-state index in [-0.39, 0.29) is 0 Å². The first-order valence-corrected chi connectivity index (χ1v) is 18.0. The highest BCUT2D eigenvalue weighted by Crippen LogP contribution is 2.44. The molecule has 248 valence electrons. The Labute approximate surface area is 305 Å². The van der Waals surface area contributed by atoms with Gasteiger partial charge in [-0.05, 0) is 98.9 Å². The van der Waals surface area contributed by atoms with Crippen LogP contribution in [-0.2, 0) is 0 Å². The maximum Gasteiger partial charge on any atom is 0.137 e. The molecule has 3 nitrogen and oxygen atoms in total. The molecule has 11 aromatic rings. The zero-order chi connectivity index (χ0) is 34.9. The molecule has 0 amide bonds. The summed E-state index contributed by atoms with van der Waals surface area (Å²) in [5.41, 5.74) is 11.4. The summed E-state index contributed by atoms with van der Waals surface area (Å²) in [7, 11) is 0. The Morgan fingerprint density at radius 3 is 1.77 bits per heavy atom. The van der Waals surface area contributed by atoms with Crippen molar-refractivity contribution in [2.75, 3.05) is 4.90 Å². The maximum atomic E-state index is 6.51. The average Bonchev–Trinajstić information content (AvgIpc) is 3.78. The first-order chi connectivity index (χ1) is 26.2. The van der Waals surface area contributed by atoms with Crippen molar-refractivity contribution in [2.24, 2.45) is 0 Å². The molecule has 3 heteroatoms. The van der Waals surface area contributed by atoms with E-state index in [0.717, 1.165) is 83.0 Å². The molecule has 0 aliphatic rings. The van der Waals surface area contributed by atoms with E-state index in [1.165, 1.54) is 21.7 Å². The molecule has 0 bridgehead atoms. The van der Waals surface area contributed by atoms with Crippen LogP contribution >= 0.6 is 0 Å². The molecule has 0 atom stereocenters. The smallest absolute Gasteiger partial charge is 0.137 e. The predicted octanol–water partition coefficient (Wildman–Crippen LogP) is 14.6. The van der Waals surface area contributed by atoms with E-state index < -0.39 is 0 Å². The fourth-order valence-electron chi connectivity index (χ4n) is 8.07. The molecular formula is C50H31NO2. The van der Waals surface area contributed by atoms with Crippen LogP contribution in [0.3, 0.4) is 0 Å². The Morgan fingerprint density at radius 1 is 0.302 bits per heavy atom. The standard InChI is InChI=1S/C50H31NO2/c1-3-11-32(12-4-1)35-22-25-42-45-31-44-36(28-49(45)53-48(42)27-35)20-19-34-21-23-37(29-43(34)44)51(46-17-9-7-15-39(46)33-13-5-2-6-14-33)38-24-26-41-40-16-8-10-18-47(40)52-50(41)30-38/h1-31H. The van der Waals surface area contributed by atoms with Crippen LogP contribution in [0.2, 0.25) is 0 Å². The zero-order valence-electron chi connectivity index (χ0n) is 28.7. The highest BCUT2D eigenvalue weighted by atomic mass is 16.3. The van der Waals surface area contributed by atoms with Gasteiger partial charge < -0.3 is 13.7 Å². The summed E-state index contributed by atoms with van der Waals surface area (Å²) in [5.74, 6) is 0. The van der Waals surface area contributed by atoms with Crippen molar-refractivity contribution in [1.82, 2.24) is 0 Å². The van der Waals surface area contributed by atoms with Crippen molar-refractivity contribution in [2.45, 2.75) is 0 Å². The SMILES string of the molecule is c1ccc(-c2ccc3c(c2)oc2cc4ccc5ccc(N(c6ccc7c(c6)oc6ccccc67)c6ccccc6-c6ccccc6)cc5c4cc23)cc1. The Balaban J connectivity index is 1.13. The minimum absolute atomic E-state index is 0.863. The van der Waals surface area contributed by atoms with E-state index in [0.29, 0.717) is 0 Å². The second-order valence-electron chi connectivity index (χ2n) is 13.7. The van der Waals surface area contributed by atoms with E-state index in [2.05, 4.69) is 175 Å². The minimum Gasteiger partial charge on any atom is -0.456 e. The molecule has 9 aromatic carbocycles. The first kappa shape index (κ1) is 29.6. The number of fused-ring (bicyclic) bond motifs is 9. The van der Waals surface area contributed by atoms with Gasteiger partial charge >= 0.3 is 0 Å². The Hall–Kier alpha value is -7.10. The highest BCUT2D eigenvalue weighted by molar-refractivity contribution is 6.17. The number of rotatable bonds is 5. The van der Waals surface area contributed by atoms with Crippen LogP contribution in [-0.4, -0.2) is 0 Å². The number of furan rings is 2. The number of anilines is 3. The van der Waals surface area contributed by atoms with Gasteiger partial charge in [0.15, 0.2) is 0 Å². The van der Waals surface area contributed by atoms with Gasteiger partial charge in [-0.2, -0.15) is 0 Å². The number of para-hydroxylation sites is 2. The summed E-state index contributed by atoms with van der Waals surface area (Å²) in [6.45, 7) is 0. The molecule has 0 spiro atoms. The predicted molar refractivity (Wildman–Crippen MR) is 222 cm³/mol. The number of nitrogens with zero attached hydrogens (tertiary/aromatic N) is 1.